The first-order chi connectivity index (χ1) is 3.68. The van der Waals surface area contributed by atoms with Gasteiger partial charge in [-0.05, 0) is 6.92 Å². The summed E-state index contributed by atoms with van der Waals surface area (Å²) in [5, 5.41) is 0. The Morgan fingerprint density at radius 2 is 1.75 bits per heavy atom. The molecule has 0 radical (unpaired) electrons. The molecule has 0 aromatic heterocycles. The smallest absolute Gasteiger partial charge is 0.152 e. The van der Waals surface area contributed by atoms with Gasteiger partial charge in [0.15, 0.2) is 12.3 Å². The van der Waals surface area contributed by atoms with E-state index in [4.69, 9.17) is 9.11 Å². The standard InChI is InChI=1S/C4H8O.H2O2S/c1-3-4(2)5;1-3-2/h3H2,1-2H3;1-2H. The summed E-state index contributed by atoms with van der Waals surface area (Å²) in [4.78, 5) is 9.81. The van der Waals surface area contributed by atoms with Crippen molar-refractivity contribution in [1.82, 2.24) is 0 Å². The highest BCUT2D eigenvalue weighted by Crippen LogP contribution is 1.71. The second-order valence-corrected chi connectivity index (χ2v) is 1.30. The second kappa shape index (κ2) is 10.0. The third-order valence-electron chi connectivity index (χ3n) is 0.498. The summed E-state index contributed by atoms with van der Waals surface area (Å²) in [6.07, 6.45) is 0.667. The lowest BCUT2D eigenvalue weighted by atomic mass is 10.4. The first kappa shape index (κ1) is 10.8. The fourth-order valence-corrected chi connectivity index (χ4v) is 0. The van der Waals surface area contributed by atoms with Crippen LogP contribution in [0.3, 0.4) is 0 Å². The fourth-order valence-electron chi connectivity index (χ4n) is 0. The van der Waals surface area contributed by atoms with Crippen molar-refractivity contribution in [3.63, 3.8) is 0 Å². The van der Waals surface area contributed by atoms with Gasteiger partial charge in [-0.1, -0.05) is 6.92 Å². The zero-order chi connectivity index (χ0) is 6.99. The molecule has 0 fully saturated rings. The van der Waals surface area contributed by atoms with Gasteiger partial charge in [0.25, 0.3) is 0 Å². The quantitative estimate of drug-likeness (QED) is 0.541. The van der Waals surface area contributed by atoms with Crippen molar-refractivity contribution in [3.8, 4) is 0 Å². The Kier molecular flexibility index (Phi) is 13.6. The van der Waals surface area contributed by atoms with Crippen molar-refractivity contribution < 1.29 is 13.9 Å². The molecule has 0 aliphatic heterocycles. The van der Waals surface area contributed by atoms with Crippen LogP contribution in [0.4, 0.5) is 0 Å². The van der Waals surface area contributed by atoms with Gasteiger partial charge in [-0.2, -0.15) is 0 Å². The van der Waals surface area contributed by atoms with E-state index >= 15 is 0 Å². The molecule has 0 saturated heterocycles. The molecule has 0 saturated carbocycles. The molecule has 0 aromatic rings. The fraction of sp³-hybridized carbons (Fsp3) is 0.750. The zero-order valence-electron chi connectivity index (χ0n) is 4.92. The van der Waals surface area contributed by atoms with Crippen molar-refractivity contribution in [1.29, 1.82) is 0 Å². The zero-order valence-corrected chi connectivity index (χ0v) is 5.73. The molecule has 0 atom stereocenters. The molecule has 8 heavy (non-hydrogen) atoms. The molecule has 0 heterocycles. The number of carbonyl (C=O) groups is 1. The van der Waals surface area contributed by atoms with Crippen LogP contribution in [0.25, 0.3) is 0 Å². The van der Waals surface area contributed by atoms with Gasteiger partial charge in [-0.15, -0.1) is 0 Å². The van der Waals surface area contributed by atoms with Crippen molar-refractivity contribution >= 4 is 18.1 Å². The molecule has 0 bridgehead atoms. The maximum atomic E-state index is 9.81. The van der Waals surface area contributed by atoms with Gasteiger partial charge in [0.1, 0.15) is 5.78 Å². The largest absolute Gasteiger partial charge is 0.307 e. The molecule has 0 aromatic carbocycles. The van der Waals surface area contributed by atoms with Crippen molar-refractivity contribution in [3.05, 3.63) is 0 Å². The Morgan fingerprint density at radius 1 is 1.62 bits per heavy atom. The van der Waals surface area contributed by atoms with E-state index < -0.39 is 0 Å². The maximum Gasteiger partial charge on any atom is 0.152 e. The number of ketones is 1. The highest BCUT2D eigenvalue weighted by molar-refractivity contribution is 7.87. The molecular formula is C4H10O3S. The van der Waals surface area contributed by atoms with Crippen LogP contribution >= 0.6 is 12.3 Å². The average molecular weight is 138 g/mol. The Hall–Kier alpha value is -0.0600. The first-order valence-electron chi connectivity index (χ1n) is 2.13. The topological polar surface area (TPSA) is 57.5 Å². The van der Waals surface area contributed by atoms with Crippen LogP contribution in [0, 0.1) is 0 Å². The van der Waals surface area contributed by atoms with Gasteiger partial charge in [-0.25, -0.2) is 0 Å². The van der Waals surface area contributed by atoms with Crippen LogP contribution in [0.15, 0.2) is 0 Å². The Labute approximate surface area is 53.1 Å². The van der Waals surface area contributed by atoms with Crippen LogP contribution in [0.5, 0.6) is 0 Å². The molecule has 0 amide bonds. The third-order valence-corrected chi connectivity index (χ3v) is 0.498. The molecule has 0 unspecified atom stereocenters. The molecule has 0 aliphatic carbocycles. The summed E-state index contributed by atoms with van der Waals surface area (Å²) in [6.45, 7) is 3.43. The summed E-state index contributed by atoms with van der Waals surface area (Å²) in [5.41, 5.74) is 0. The van der Waals surface area contributed by atoms with E-state index in [1.54, 1.807) is 6.92 Å². The number of hydrogen-bond acceptors (Lipinski definition) is 4. The molecule has 0 spiro atoms. The molecule has 0 rings (SSSR count). The van der Waals surface area contributed by atoms with Crippen LogP contribution in [0.1, 0.15) is 20.3 Å². The highest BCUT2D eigenvalue weighted by atomic mass is 32.2. The lowest BCUT2D eigenvalue weighted by Gasteiger charge is -1.71. The Bertz CT molecular complexity index is 55.2. The summed E-state index contributed by atoms with van der Waals surface area (Å²) in [6, 6.07) is 0. The van der Waals surface area contributed by atoms with Gasteiger partial charge >= 0.3 is 0 Å². The van der Waals surface area contributed by atoms with Gasteiger partial charge < -0.3 is 13.9 Å². The van der Waals surface area contributed by atoms with Crippen molar-refractivity contribution in [2.45, 2.75) is 20.3 Å². The highest BCUT2D eigenvalue weighted by Gasteiger charge is 1.76. The van der Waals surface area contributed by atoms with E-state index in [1.165, 1.54) is 0 Å². The first-order valence-corrected chi connectivity index (χ1v) is 2.86. The molecule has 0 aliphatic rings. The van der Waals surface area contributed by atoms with E-state index in [9.17, 15) is 4.79 Å². The summed E-state index contributed by atoms with van der Waals surface area (Å²) >= 11 is -0.250. The normalized spacial score (nSPS) is 7.00. The van der Waals surface area contributed by atoms with Crippen LogP contribution in [-0.2, 0) is 4.79 Å². The van der Waals surface area contributed by atoms with Crippen molar-refractivity contribution in [2.75, 3.05) is 0 Å². The van der Waals surface area contributed by atoms with Crippen LogP contribution < -0.4 is 0 Å². The van der Waals surface area contributed by atoms with Gasteiger partial charge in [0.2, 0.25) is 0 Å². The SMILES string of the molecule is CCC(C)=O.OSO. The predicted molar refractivity (Wildman–Crippen MR) is 33.8 cm³/mol. The minimum atomic E-state index is -0.250. The van der Waals surface area contributed by atoms with Crippen LogP contribution in [-0.4, -0.2) is 14.9 Å². The minimum Gasteiger partial charge on any atom is -0.307 e. The van der Waals surface area contributed by atoms with Gasteiger partial charge in [0, 0.05) is 6.42 Å². The van der Waals surface area contributed by atoms with Crippen molar-refractivity contribution in [2.24, 2.45) is 0 Å². The Balaban J connectivity index is 0. The van der Waals surface area contributed by atoms with Gasteiger partial charge in [0.05, 0.1) is 0 Å². The van der Waals surface area contributed by atoms with E-state index in [1.807, 2.05) is 6.92 Å². The summed E-state index contributed by atoms with van der Waals surface area (Å²) < 4.78 is 14.1. The number of carbonyl (C=O) groups excluding carboxylic acids is 1. The average Bonchev–Trinajstić information content (AvgIpc) is 1.69. The summed E-state index contributed by atoms with van der Waals surface area (Å²) in [5.74, 6) is 0.255. The molecule has 3 nitrogen and oxygen atoms in total. The molecular weight excluding hydrogens is 128 g/mol. The lowest BCUT2D eigenvalue weighted by molar-refractivity contribution is -0.116. The molecule has 4 heteroatoms. The number of Topliss-reactive ketones (excluding diaryl/α,β-unsaturated/α-hetero) is 1. The van der Waals surface area contributed by atoms with Crippen LogP contribution in [0.2, 0.25) is 0 Å². The number of rotatable bonds is 1. The van der Waals surface area contributed by atoms with E-state index in [0.29, 0.717) is 6.42 Å². The van der Waals surface area contributed by atoms with E-state index in [-0.39, 0.29) is 18.1 Å². The lowest BCUT2D eigenvalue weighted by Crippen LogP contribution is -1.80. The van der Waals surface area contributed by atoms with E-state index in [2.05, 4.69) is 0 Å². The molecule has 2 N–H and O–H groups in total. The van der Waals surface area contributed by atoms with Gasteiger partial charge in [-0.3, -0.25) is 0 Å². The second-order valence-electron chi connectivity index (χ2n) is 1.14. The Morgan fingerprint density at radius 3 is 1.75 bits per heavy atom. The monoisotopic (exact) mass is 138 g/mol. The summed E-state index contributed by atoms with van der Waals surface area (Å²) in [7, 11) is 0. The predicted octanol–water partition coefficient (Wildman–Crippen LogP) is 1.65. The maximum absolute atomic E-state index is 9.81. The minimum absolute atomic E-state index is 0.250. The third kappa shape index (κ3) is 38.5. The number of hydrogen-bond donors (Lipinski definition) is 2. The molecule has 50 valence electrons. The van der Waals surface area contributed by atoms with E-state index in [0.717, 1.165) is 0 Å².